The average Bonchev–Trinajstić information content (AvgIpc) is 2.89. The van der Waals surface area contributed by atoms with E-state index in [1.807, 2.05) is 31.2 Å². The third-order valence-electron chi connectivity index (χ3n) is 3.49. The van der Waals surface area contributed by atoms with Gasteiger partial charge in [-0.2, -0.15) is 4.52 Å². The Morgan fingerprint density at radius 2 is 2.14 bits per heavy atom. The molecule has 3 aromatic rings. The second-order valence-electron chi connectivity index (χ2n) is 5.10. The van der Waals surface area contributed by atoms with Gasteiger partial charge in [-0.05, 0) is 25.1 Å². The number of pyridine rings is 1. The standard InChI is InChI=1S/C14H14N6O/c1-10-6-11(4-5-15-10)21-12-7-19(8-12)14-3-2-13-17-16-9-20(13)18-14/h2-6,9,12H,7-8H2,1H3. The van der Waals surface area contributed by atoms with Crippen molar-refractivity contribution in [3.05, 3.63) is 42.5 Å². The quantitative estimate of drug-likeness (QED) is 0.716. The summed E-state index contributed by atoms with van der Waals surface area (Å²) in [7, 11) is 0. The van der Waals surface area contributed by atoms with Crippen LogP contribution in [0.2, 0.25) is 0 Å². The number of ether oxygens (including phenoxy) is 1. The Hall–Kier alpha value is -2.70. The second kappa shape index (κ2) is 4.69. The zero-order valence-electron chi connectivity index (χ0n) is 11.5. The van der Waals surface area contributed by atoms with Gasteiger partial charge in [0.25, 0.3) is 0 Å². The number of aryl methyl sites for hydroxylation is 1. The van der Waals surface area contributed by atoms with Crippen LogP contribution >= 0.6 is 0 Å². The number of aromatic nitrogens is 5. The summed E-state index contributed by atoms with van der Waals surface area (Å²) in [6.07, 6.45) is 3.56. The molecule has 7 nitrogen and oxygen atoms in total. The van der Waals surface area contributed by atoms with Gasteiger partial charge in [0.2, 0.25) is 0 Å². The van der Waals surface area contributed by atoms with Gasteiger partial charge in [0.05, 0.1) is 13.1 Å². The summed E-state index contributed by atoms with van der Waals surface area (Å²) < 4.78 is 7.59. The van der Waals surface area contributed by atoms with Crippen LogP contribution in [0.5, 0.6) is 5.75 Å². The lowest BCUT2D eigenvalue weighted by Crippen LogP contribution is -2.54. The Morgan fingerprint density at radius 1 is 1.24 bits per heavy atom. The van der Waals surface area contributed by atoms with Crippen molar-refractivity contribution in [2.24, 2.45) is 0 Å². The summed E-state index contributed by atoms with van der Waals surface area (Å²) in [4.78, 5) is 6.33. The molecule has 4 rings (SSSR count). The van der Waals surface area contributed by atoms with E-state index in [1.165, 1.54) is 0 Å². The monoisotopic (exact) mass is 282 g/mol. The van der Waals surface area contributed by atoms with Gasteiger partial charge in [-0.25, -0.2) is 0 Å². The van der Waals surface area contributed by atoms with E-state index in [4.69, 9.17) is 4.74 Å². The molecule has 21 heavy (non-hydrogen) atoms. The maximum atomic E-state index is 5.91. The average molecular weight is 282 g/mol. The summed E-state index contributed by atoms with van der Waals surface area (Å²) >= 11 is 0. The second-order valence-corrected chi connectivity index (χ2v) is 5.10. The Bertz CT molecular complexity index is 780. The van der Waals surface area contributed by atoms with E-state index in [1.54, 1.807) is 17.0 Å². The van der Waals surface area contributed by atoms with Crippen LogP contribution in [0, 0.1) is 6.92 Å². The van der Waals surface area contributed by atoms with Crippen LogP contribution < -0.4 is 9.64 Å². The number of anilines is 1. The fourth-order valence-electron chi connectivity index (χ4n) is 2.37. The van der Waals surface area contributed by atoms with Crippen LogP contribution in [0.1, 0.15) is 5.69 Å². The third kappa shape index (κ3) is 2.26. The highest BCUT2D eigenvalue weighted by Crippen LogP contribution is 2.22. The molecule has 1 fully saturated rings. The highest BCUT2D eigenvalue weighted by molar-refractivity contribution is 5.47. The van der Waals surface area contributed by atoms with Crippen molar-refractivity contribution in [1.82, 2.24) is 24.8 Å². The molecule has 7 heteroatoms. The third-order valence-corrected chi connectivity index (χ3v) is 3.49. The smallest absolute Gasteiger partial charge is 0.177 e. The summed E-state index contributed by atoms with van der Waals surface area (Å²) in [6, 6.07) is 7.70. The first-order valence-corrected chi connectivity index (χ1v) is 6.79. The van der Waals surface area contributed by atoms with E-state index in [2.05, 4.69) is 25.2 Å². The molecular formula is C14H14N6O. The van der Waals surface area contributed by atoms with Gasteiger partial charge in [-0.1, -0.05) is 0 Å². The molecule has 106 valence electrons. The van der Waals surface area contributed by atoms with E-state index in [9.17, 15) is 0 Å². The normalized spacial score (nSPS) is 15.2. The molecule has 0 bridgehead atoms. The van der Waals surface area contributed by atoms with Crippen LogP contribution in [0.4, 0.5) is 5.82 Å². The number of nitrogens with zero attached hydrogens (tertiary/aromatic N) is 6. The Morgan fingerprint density at radius 3 is 3.00 bits per heavy atom. The summed E-state index contributed by atoms with van der Waals surface area (Å²) in [6.45, 7) is 3.60. The van der Waals surface area contributed by atoms with Gasteiger partial charge >= 0.3 is 0 Å². The first kappa shape index (κ1) is 12.1. The number of hydrogen-bond donors (Lipinski definition) is 0. The summed E-state index contributed by atoms with van der Waals surface area (Å²) in [5.74, 6) is 1.78. The van der Waals surface area contributed by atoms with Crippen molar-refractivity contribution >= 4 is 11.5 Å². The minimum atomic E-state index is 0.185. The zero-order chi connectivity index (χ0) is 14.2. The van der Waals surface area contributed by atoms with Crippen molar-refractivity contribution in [3.63, 3.8) is 0 Å². The Balaban J connectivity index is 1.42. The van der Waals surface area contributed by atoms with Crippen molar-refractivity contribution in [1.29, 1.82) is 0 Å². The summed E-state index contributed by atoms with van der Waals surface area (Å²) in [5, 5.41) is 12.2. The molecule has 0 aliphatic carbocycles. The molecule has 3 aromatic heterocycles. The van der Waals surface area contributed by atoms with Crippen molar-refractivity contribution in [3.8, 4) is 5.75 Å². The lowest BCUT2D eigenvalue weighted by Gasteiger charge is -2.39. The highest BCUT2D eigenvalue weighted by Gasteiger charge is 2.29. The molecule has 1 aliphatic rings. The molecule has 0 amide bonds. The maximum Gasteiger partial charge on any atom is 0.177 e. The summed E-state index contributed by atoms with van der Waals surface area (Å²) in [5.41, 5.74) is 1.71. The first-order chi connectivity index (χ1) is 10.3. The molecule has 0 unspecified atom stereocenters. The molecule has 0 radical (unpaired) electrons. The van der Waals surface area contributed by atoms with E-state index in [0.29, 0.717) is 0 Å². The molecule has 0 saturated carbocycles. The molecule has 0 aromatic carbocycles. The van der Waals surface area contributed by atoms with Gasteiger partial charge in [0.1, 0.15) is 24.0 Å². The van der Waals surface area contributed by atoms with E-state index in [-0.39, 0.29) is 6.10 Å². The SMILES string of the molecule is Cc1cc(OC2CN(c3ccc4nncn4n3)C2)ccn1. The minimum absolute atomic E-state index is 0.185. The minimum Gasteiger partial charge on any atom is -0.487 e. The van der Waals surface area contributed by atoms with E-state index in [0.717, 1.165) is 36.0 Å². The van der Waals surface area contributed by atoms with Gasteiger partial charge < -0.3 is 9.64 Å². The van der Waals surface area contributed by atoms with Crippen LogP contribution in [0.25, 0.3) is 5.65 Å². The predicted molar refractivity (Wildman–Crippen MR) is 76.4 cm³/mol. The predicted octanol–water partition coefficient (Wildman–Crippen LogP) is 1.10. The zero-order valence-corrected chi connectivity index (χ0v) is 11.5. The van der Waals surface area contributed by atoms with Gasteiger partial charge in [0, 0.05) is 18.0 Å². The van der Waals surface area contributed by atoms with Gasteiger partial charge in [-0.15, -0.1) is 15.3 Å². The lowest BCUT2D eigenvalue weighted by atomic mass is 10.1. The van der Waals surface area contributed by atoms with Gasteiger partial charge in [0.15, 0.2) is 5.65 Å². The van der Waals surface area contributed by atoms with Crippen LogP contribution in [-0.4, -0.2) is 44.0 Å². The number of rotatable bonds is 3. The van der Waals surface area contributed by atoms with E-state index >= 15 is 0 Å². The van der Waals surface area contributed by atoms with Gasteiger partial charge in [-0.3, -0.25) is 4.98 Å². The first-order valence-electron chi connectivity index (χ1n) is 6.79. The molecule has 0 atom stereocenters. The lowest BCUT2D eigenvalue weighted by molar-refractivity contribution is 0.166. The topological polar surface area (TPSA) is 68.4 Å². The maximum absolute atomic E-state index is 5.91. The largest absolute Gasteiger partial charge is 0.487 e. The highest BCUT2D eigenvalue weighted by atomic mass is 16.5. The Kier molecular flexibility index (Phi) is 2.70. The number of hydrogen-bond acceptors (Lipinski definition) is 6. The number of fused-ring (bicyclic) bond motifs is 1. The van der Waals surface area contributed by atoms with Crippen molar-refractivity contribution < 1.29 is 4.74 Å². The Labute approximate surface area is 121 Å². The fourth-order valence-corrected chi connectivity index (χ4v) is 2.37. The molecule has 0 N–H and O–H groups in total. The fraction of sp³-hybridized carbons (Fsp3) is 0.286. The molecular weight excluding hydrogens is 268 g/mol. The molecule has 4 heterocycles. The van der Waals surface area contributed by atoms with E-state index < -0.39 is 0 Å². The van der Waals surface area contributed by atoms with Crippen molar-refractivity contribution in [2.75, 3.05) is 18.0 Å². The molecule has 0 spiro atoms. The molecule has 1 saturated heterocycles. The van der Waals surface area contributed by atoms with Crippen LogP contribution in [-0.2, 0) is 0 Å². The van der Waals surface area contributed by atoms with Crippen molar-refractivity contribution in [2.45, 2.75) is 13.0 Å². The van der Waals surface area contributed by atoms with Crippen LogP contribution in [0.15, 0.2) is 36.8 Å². The van der Waals surface area contributed by atoms with Crippen LogP contribution in [0.3, 0.4) is 0 Å². The molecule has 1 aliphatic heterocycles.